The fourth-order valence-corrected chi connectivity index (χ4v) is 2.27. The van der Waals surface area contributed by atoms with Crippen molar-refractivity contribution in [2.75, 3.05) is 0 Å². The highest BCUT2D eigenvalue weighted by Crippen LogP contribution is 2.20. The third kappa shape index (κ3) is 5.48. The molecule has 0 aliphatic heterocycles. The molecule has 0 bridgehead atoms. The Morgan fingerprint density at radius 3 is 2.71 bits per heavy atom. The van der Waals surface area contributed by atoms with Gasteiger partial charge >= 0.3 is 0 Å². The van der Waals surface area contributed by atoms with Gasteiger partial charge in [-0.15, -0.1) is 5.10 Å². The van der Waals surface area contributed by atoms with Crippen LogP contribution in [-0.2, 0) is 4.79 Å². The van der Waals surface area contributed by atoms with Crippen LogP contribution in [0.1, 0.15) is 37.6 Å². The van der Waals surface area contributed by atoms with Crippen molar-refractivity contribution in [3.63, 3.8) is 0 Å². The van der Waals surface area contributed by atoms with Crippen LogP contribution in [0.2, 0.25) is 0 Å². The van der Waals surface area contributed by atoms with Gasteiger partial charge in [-0.2, -0.15) is 0 Å². The highest BCUT2D eigenvalue weighted by atomic mass is 16.5. The molecule has 126 valence electrons. The van der Waals surface area contributed by atoms with E-state index in [0.29, 0.717) is 11.6 Å². The third-order valence-electron chi connectivity index (χ3n) is 3.41. The lowest BCUT2D eigenvalue weighted by atomic mass is 10.0. The Morgan fingerprint density at radius 1 is 1.29 bits per heavy atom. The van der Waals surface area contributed by atoms with Crippen molar-refractivity contribution in [2.45, 2.75) is 26.3 Å². The summed E-state index contributed by atoms with van der Waals surface area (Å²) in [6.07, 6.45) is 9.59. The Bertz CT molecular complexity index is 705. The molecule has 6 nitrogen and oxygen atoms in total. The molecule has 0 aliphatic rings. The van der Waals surface area contributed by atoms with Gasteiger partial charge in [-0.1, -0.05) is 61.5 Å². The van der Waals surface area contributed by atoms with Gasteiger partial charge < -0.3 is 0 Å². The molecule has 1 atom stereocenters. The zero-order valence-electron chi connectivity index (χ0n) is 13.8. The maximum atomic E-state index is 11.0. The summed E-state index contributed by atoms with van der Waals surface area (Å²) in [6, 6.07) is 10.2. The van der Waals surface area contributed by atoms with Crippen LogP contribution in [0, 0.1) is 5.92 Å². The van der Waals surface area contributed by atoms with E-state index in [0.717, 1.165) is 12.0 Å². The van der Waals surface area contributed by atoms with Gasteiger partial charge in [0.15, 0.2) is 0 Å². The van der Waals surface area contributed by atoms with E-state index >= 15 is 0 Å². The number of allylic oxidation sites excluding steroid dienone is 1. The highest BCUT2D eigenvalue weighted by Gasteiger charge is 2.12. The van der Waals surface area contributed by atoms with Crippen LogP contribution in [-0.4, -0.2) is 26.1 Å². The standard InChI is InChI=1S/C18H22N4O2/c1-14(2)12-17(10-8-15-6-4-3-5-7-15)22-13-16(19-21-22)9-11-18(23)20-24/h3-11,13-14,17,24H,12H2,1-2H3,(H,20,23)/b10-8+,11-9+. The molecule has 0 fully saturated rings. The molecule has 0 saturated heterocycles. The van der Waals surface area contributed by atoms with E-state index < -0.39 is 5.91 Å². The van der Waals surface area contributed by atoms with Crippen molar-refractivity contribution in [2.24, 2.45) is 5.92 Å². The number of benzene rings is 1. The topological polar surface area (TPSA) is 80.0 Å². The van der Waals surface area contributed by atoms with E-state index in [-0.39, 0.29) is 6.04 Å². The third-order valence-corrected chi connectivity index (χ3v) is 3.41. The van der Waals surface area contributed by atoms with Crippen LogP contribution in [0.15, 0.2) is 48.7 Å². The summed E-state index contributed by atoms with van der Waals surface area (Å²) in [5.74, 6) is -0.106. The minimum Gasteiger partial charge on any atom is -0.288 e. The molecule has 1 heterocycles. The zero-order chi connectivity index (χ0) is 17.4. The Hall–Kier alpha value is -2.73. The normalized spacial score (nSPS) is 13.0. The maximum Gasteiger partial charge on any atom is 0.267 e. The van der Waals surface area contributed by atoms with Crippen molar-refractivity contribution in [3.05, 3.63) is 59.9 Å². The first-order valence-corrected chi connectivity index (χ1v) is 7.85. The zero-order valence-corrected chi connectivity index (χ0v) is 13.8. The SMILES string of the molecule is CC(C)CC(/C=C/c1ccccc1)n1cc(/C=C/C(=O)NO)nn1. The molecule has 1 aromatic heterocycles. The summed E-state index contributed by atoms with van der Waals surface area (Å²) in [6.45, 7) is 4.32. The summed E-state index contributed by atoms with van der Waals surface area (Å²) in [5.41, 5.74) is 3.22. The molecule has 0 aliphatic carbocycles. The Kier molecular flexibility index (Phi) is 6.45. The van der Waals surface area contributed by atoms with E-state index in [2.05, 4.69) is 36.3 Å². The van der Waals surface area contributed by atoms with Crippen molar-refractivity contribution >= 4 is 18.1 Å². The summed E-state index contributed by atoms with van der Waals surface area (Å²) in [4.78, 5) is 11.0. The van der Waals surface area contributed by atoms with E-state index in [1.54, 1.807) is 10.9 Å². The van der Waals surface area contributed by atoms with Crippen LogP contribution in [0.4, 0.5) is 0 Å². The Balaban J connectivity index is 2.16. The van der Waals surface area contributed by atoms with E-state index in [1.807, 2.05) is 30.3 Å². The number of aromatic nitrogens is 3. The predicted octanol–water partition coefficient (Wildman–Crippen LogP) is 3.10. The lowest BCUT2D eigenvalue weighted by molar-refractivity contribution is -0.124. The summed E-state index contributed by atoms with van der Waals surface area (Å²) >= 11 is 0. The molecular weight excluding hydrogens is 304 g/mol. The predicted molar refractivity (Wildman–Crippen MR) is 93.0 cm³/mol. The molecule has 0 saturated carbocycles. The van der Waals surface area contributed by atoms with Gasteiger partial charge in [-0.05, 0) is 24.0 Å². The molecule has 2 aromatic rings. The largest absolute Gasteiger partial charge is 0.288 e. The van der Waals surface area contributed by atoms with Crippen molar-refractivity contribution in [3.8, 4) is 0 Å². The number of carbonyl (C=O) groups excluding carboxylic acids is 1. The first-order valence-electron chi connectivity index (χ1n) is 7.85. The van der Waals surface area contributed by atoms with Gasteiger partial charge in [-0.3, -0.25) is 10.0 Å². The second-order valence-corrected chi connectivity index (χ2v) is 5.90. The van der Waals surface area contributed by atoms with Gasteiger partial charge in [0, 0.05) is 6.08 Å². The number of hydrogen-bond acceptors (Lipinski definition) is 4. The van der Waals surface area contributed by atoms with Gasteiger partial charge in [-0.25, -0.2) is 10.2 Å². The van der Waals surface area contributed by atoms with Gasteiger partial charge in [0.1, 0.15) is 5.69 Å². The molecule has 0 radical (unpaired) electrons. The quantitative estimate of drug-likeness (QED) is 0.465. The van der Waals surface area contributed by atoms with Gasteiger partial charge in [0.2, 0.25) is 0 Å². The number of nitrogens with one attached hydrogen (secondary N) is 1. The minimum absolute atomic E-state index is 0.0755. The minimum atomic E-state index is -0.604. The average molecular weight is 326 g/mol. The lowest BCUT2D eigenvalue weighted by Crippen LogP contribution is -2.14. The molecule has 1 unspecified atom stereocenters. The van der Waals surface area contributed by atoms with Crippen molar-refractivity contribution in [1.82, 2.24) is 20.5 Å². The Morgan fingerprint density at radius 2 is 2.04 bits per heavy atom. The molecule has 24 heavy (non-hydrogen) atoms. The number of nitrogens with zero attached hydrogens (tertiary/aromatic N) is 3. The first-order chi connectivity index (χ1) is 11.6. The second kappa shape index (κ2) is 8.79. The number of hydrogen-bond donors (Lipinski definition) is 2. The fraction of sp³-hybridized carbons (Fsp3) is 0.278. The summed E-state index contributed by atoms with van der Waals surface area (Å²) in [5, 5.41) is 16.7. The molecule has 2 N–H and O–H groups in total. The smallest absolute Gasteiger partial charge is 0.267 e. The van der Waals surface area contributed by atoms with Crippen LogP contribution >= 0.6 is 0 Å². The van der Waals surface area contributed by atoms with Crippen molar-refractivity contribution in [1.29, 1.82) is 0 Å². The molecule has 2 rings (SSSR count). The van der Waals surface area contributed by atoms with Gasteiger partial charge in [0.25, 0.3) is 5.91 Å². The molecule has 1 aromatic carbocycles. The highest BCUT2D eigenvalue weighted by molar-refractivity contribution is 5.90. The molecule has 0 spiro atoms. The second-order valence-electron chi connectivity index (χ2n) is 5.90. The van der Waals surface area contributed by atoms with Crippen LogP contribution < -0.4 is 5.48 Å². The summed E-state index contributed by atoms with van der Waals surface area (Å²) < 4.78 is 1.79. The number of amides is 1. The van der Waals surface area contributed by atoms with E-state index in [9.17, 15) is 4.79 Å². The number of carbonyl (C=O) groups is 1. The van der Waals surface area contributed by atoms with Crippen LogP contribution in [0.25, 0.3) is 12.2 Å². The Labute approximate surface area is 141 Å². The lowest BCUT2D eigenvalue weighted by Gasteiger charge is -2.15. The molecule has 6 heteroatoms. The fourth-order valence-electron chi connectivity index (χ4n) is 2.27. The van der Waals surface area contributed by atoms with E-state index in [4.69, 9.17) is 5.21 Å². The number of hydroxylamine groups is 1. The number of rotatable bonds is 7. The van der Waals surface area contributed by atoms with Gasteiger partial charge in [0.05, 0.1) is 12.2 Å². The molecular formula is C18H22N4O2. The van der Waals surface area contributed by atoms with Crippen LogP contribution in [0.5, 0.6) is 0 Å². The average Bonchev–Trinajstić information content (AvgIpc) is 3.06. The van der Waals surface area contributed by atoms with Crippen molar-refractivity contribution < 1.29 is 10.0 Å². The molecule has 1 amide bonds. The first kappa shape index (κ1) is 17.6. The monoisotopic (exact) mass is 326 g/mol. The van der Waals surface area contributed by atoms with E-state index in [1.165, 1.54) is 17.6 Å². The maximum absolute atomic E-state index is 11.0. The van der Waals surface area contributed by atoms with Crippen LogP contribution in [0.3, 0.4) is 0 Å². The summed E-state index contributed by atoms with van der Waals surface area (Å²) in [7, 11) is 0.